The van der Waals surface area contributed by atoms with Gasteiger partial charge < -0.3 is 10.3 Å². The lowest BCUT2D eigenvalue weighted by Crippen LogP contribution is -2.01. The Labute approximate surface area is 90.0 Å². The quantitative estimate of drug-likeness (QED) is 0.809. The number of anilines is 1. The van der Waals surface area contributed by atoms with Crippen molar-refractivity contribution in [1.82, 2.24) is 5.16 Å². The van der Waals surface area contributed by atoms with E-state index in [0.29, 0.717) is 17.7 Å². The fourth-order valence-corrected chi connectivity index (χ4v) is 3.13. The molecule has 3 nitrogen and oxygen atoms in total. The maximum atomic E-state index is 5.85. The van der Waals surface area contributed by atoms with Crippen molar-refractivity contribution in [3.63, 3.8) is 0 Å². The van der Waals surface area contributed by atoms with Crippen LogP contribution in [-0.2, 0) is 0 Å². The fourth-order valence-electron chi connectivity index (χ4n) is 3.13. The summed E-state index contributed by atoms with van der Waals surface area (Å²) < 4.78 is 5.43. The molecule has 0 bridgehead atoms. The predicted octanol–water partition coefficient (Wildman–Crippen LogP) is 2.89. The van der Waals surface area contributed by atoms with Crippen LogP contribution in [0.3, 0.4) is 0 Å². The van der Waals surface area contributed by atoms with Crippen LogP contribution in [0.25, 0.3) is 0 Å². The number of aromatic nitrogens is 1. The van der Waals surface area contributed by atoms with E-state index in [0.717, 1.165) is 23.2 Å². The molecule has 3 heteroatoms. The lowest BCUT2D eigenvalue weighted by Gasteiger charge is -2.11. The Kier molecular flexibility index (Phi) is 1.85. The molecule has 2 aliphatic rings. The van der Waals surface area contributed by atoms with Gasteiger partial charge in [-0.2, -0.15) is 0 Å². The van der Waals surface area contributed by atoms with E-state index in [1.54, 1.807) is 0 Å². The van der Waals surface area contributed by atoms with Gasteiger partial charge in [0.2, 0.25) is 0 Å². The molecule has 2 fully saturated rings. The molecule has 0 saturated heterocycles. The van der Waals surface area contributed by atoms with Crippen molar-refractivity contribution < 1.29 is 4.52 Å². The molecular formula is C12H18N2O. The predicted molar refractivity (Wildman–Crippen MR) is 58.6 cm³/mol. The summed E-state index contributed by atoms with van der Waals surface area (Å²) in [6.07, 6.45) is 4.02. The van der Waals surface area contributed by atoms with E-state index in [-0.39, 0.29) is 0 Å². The van der Waals surface area contributed by atoms with E-state index in [4.69, 9.17) is 10.3 Å². The van der Waals surface area contributed by atoms with Crippen molar-refractivity contribution >= 4 is 5.82 Å². The van der Waals surface area contributed by atoms with Gasteiger partial charge in [-0.1, -0.05) is 19.0 Å². The van der Waals surface area contributed by atoms with E-state index < -0.39 is 0 Å². The smallest absolute Gasteiger partial charge is 0.170 e. The van der Waals surface area contributed by atoms with Crippen molar-refractivity contribution in [3.8, 4) is 0 Å². The minimum atomic E-state index is 0.420. The molecule has 0 spiro atoms. The molecule has 2 aliphatic carbocycles. The third kappa shape index (κ3) is 1.36. The molecule has 2 unspecified atom stereocenters. The minimum Gasteiger partial charge on any atom is -0.381 e. The van der Waals surface area contributed by atoms with Gasteiger partial charge in [-0.05, 0) is 37.0 Å². The van der Waals surface area contributed by atoms with Gasteiger partial charge in [0.15, 0.2) is 5.82 Å². The molecule has 1 aromatic rings. The molecule has 15 heavy (non-hydrogen) atoms. The SMILES string of the molecule is CC(C)c1c(N)noc1C1CC2CC2C1. The number of nitrogen functional groups attached to an aromatic ring is 1. The largest absolute Gasteiger partial charge is 0.381 e. The minimum absolute atomic E-state index is 0.420. The molecule has 3 rings (SSSR count). The van der Waals surface area contributed by atoms with Gasteiger partial charge in [0.05, 0.1) is 0 Å². The van der Waals surface area contributed by atoms with Crippen molar-refractivity contribution in [2.75, 3.05) is 5.73 Å². The zero-order valence-corrected chi connectivity index (χ0v) is 9.36. The van der Waals surface area contributed by atoms with Gasteiger partial charge in [0, 0.05) is 11.5 Å². The second-order valence-corrected chi connectivity index (χ2v) is 5.42. The third-order valence-corrected chi connectivity index (χ3v) is 3.98. The molecule has 0 radical (unpaired) electrons. The highest BCUT2D eigenvalue weighted by molar-refractivity contribution is 5.44. The first-order chi connectivity index (χ1) is 7.16. The fraction of sp³-hybridized carbons (Fsp3) is 0.750. The zero-order chi connectivity index (χ0) is 10.6. The van der Waals surface area contributed by atoms with E-state index in [1.165, 1.54) is 19.3 Å². The maximum Gasteiger partial charge on any atom is 0.170 e. The highest BCUT2D eigenvalue weighted by Crippen LogP contribution is 2.58. The molecule has 1 aromatic heterocycles. The van der Waals surface area contributed by atoms with Crippen molar-refractivity contribution in [1.29, 1.82) is 0 Å². The van der Waals surface area contributed by atoms with E-state index in [9.17, 15) is 0 Å². The van der Waals surface area contributed by atoms with Gasteiger partial charge in [0.1, 0.15) is 5.76 Å². The summed E-state index contributed by atoms with van der Waals surface area (Å²) in [5, 5.41) is 3.93. The number of fused-ring (bicyclic) bond motifs is 1. The van der Waals surface area contributed by atoms with Crippen LogP contribution in [0.4, 0.5) is 5.82 Å². The van der Waals surface area contributed by atoms with Crippen LogP contribution >= 0.6 is 0 Å². The first-order valence-corrected chi connectivity index (χ1v) is 5.91. The summed E-state index contributed by atoms with van der Waals surface area (Å²) in [5.74, 6) is 4.64. The van der Waals surface area contributed by atoms with E-state index >= 15 is 0 Å². The van der Waals surface area contributed by atoms with Crippen LogP contribution in [0.15, 0.2) is 4.52 Å². The first-order valence-electron chi connectivity index (χ1n) is 5.91. The normalized spacial score (nSPS) is 33.4. The molecule has 2 N–H and O–H groups in total. The average molecular weight is 206 g/mol. The van der Waals surface area contributed by atoms with Crippen LogP contribution in [0.5, 0.6) is 0 Å². The number of nitrogens with zero attached hydrogens (tertiary/aromatic N) is 1. The summed E-state index contributed by atoms with van der Waals surface area (Å²) in [5.41, 5.74) is 7.00. The van der Waals surface area contributed by atoms with Gasteiger partial charge in [-0.3, -0.25) is 0 Å². The second kappa shape index (κ2) is 3.00. The highest BCUT2D eigenvalue weighted by Gasteiger charge is 2.48. The lowest BCUT2D eigenvalue weighted by atomic mass is 9.92. The van der Waals surface area contributed by atoms with Crippen LogP contribution in [0, 0.1) is 11.8 Å². The molecular weight excluding hydrogens is 188 g/mol. The molecule has 1 heterocycles. The molecule has 2 saturated carbocycles. The Bertz CT molecular complexity index is 373. The molecule has 0 aromatic carbocycles. The summed E-state index contributed by atoms with van der Waals surface area (Å²) in [4.78, 5) is 0. The molecule has 82 valence electrons. The Morgan fingerprint density at radius 2 is 1.93 bits per heavy atom. The lowest BCUT2D eigenvalue weighted by molar-refractivity contribution is 0.352. The van der Waals surface area contributed by atoms with Gasteiger partial charge in [0.25, 0.3) is 0 Å². The summed E-state index contributed by atoms with van der Waals surface area (Å²) in [6.45, 7) is 4.31. The standard InChI is InChI=1S/C12H18N2O/c1-6(2)10-11(15-14-12(10)13)9-4-7-3-8(7)5-9/h6-9H,3-5H2,1-2H3,(H2,13,14). The maximum absolute atomic E-state index is 5.85. The van der Waals surface area contributed by atoms with Crippen LogP contribution in [-0.4, -0.2) is 5.16 Å². The van der Waals surface area contributed by atoms with Crippen molar-refractivity contribution in [2.24, 2.45) is 11.8 Å². The topological polar surface area (TPSA) is 52.0 Å². The average Bonchev–Trinajstić information content (AvgIpc) is 2.62. The van der Waals surface area contributed by atoms with Crippen molar-refractivity contribution in [2.45, 2.75) is 44.9 Å². The Morgan fingerprint density at radius 1 is 1.27 bits per heavy atom. The Morgan fingerprint density at radius 3 is 2.53 bits per heavy atom. The van der Waals surface area contributed by atoms with Gasteiger partial charge in [-0.15, -0.1) is 0 Å². The van der Waals surface area contributed by atoms with E-state index in [2.05, 4.69) is 19.0 Å². The molecule has 2 atom stereocenters. The number of hydrogen-bond donors (Lipinski definition) is 1. The van der Waals surface area contributed by atoms with Crippen molar-refractivity contribution in [3.05, 3.63) is 11.3 Å². The summed E-state index contributed by atoms with van der Waals surface area (Å²) in [7, 11) is 0. The van der Waals surface area contributed by atoms with Crippen LogP contribution in [0.1, 0.15) is 56.3 Å². The zero-order valence-electron chi connectivity index (χ0n) is 9.36. The first kappa shape index (κ1) is 9.25. The summed E-state index contributed by atoms with van der Waals surface area (Å²) >= 11 is 0. The van der Waals surface area contributed by atoms with Gasteiger partial charge in [-0.25, -0.2) is 0 Å². The number of nitrogens with two attached hydrogens (primary N) is 1. The molecule has 0 amide bonds. The second-order valence-electron chi connectivity index (χ2n) is 5.42. The monoisotopic (exact) mass is 206 g/mol. The Hall–Kier alpha value is -0.990. The highest BCUT2D eigenvalue weighted by atomic mass is 16.5. The van der Waals surface area contributed by atoms with Crippen LogP contribution in [0.2, 0.25) is 0 Å². The molecule has 0 aliphatic heterocycles. The third-order valence-electron chi connectivity index (χ3n) is 3.98. The Balaban J connectivity index is 1.90. The number of rotatable bonds is 2. The van der Waals surface area contributed by atoms with Gasteiger partial charge >= 0.3 is 0 Å². The summed E-state index contributed by atoms with van der Waals surface area (Å²) in [6, 6.07) is 0. The van der Waals surface area contributed by atoms with E-state index in [1.807, 2.05) is 0 Å². The number of hydrogen-bond acceptors (Lipinski definition) is 3. The van der Waals surface area contributed by atoms with Crippen LogP contribution < -0.4 is 5.73 Å².